The van der Waals surface area contributed by atoms with E-state index in [1.807, 2.05) is 52.1 Å². The second kappa shape index (κ2) is 7.75. The van der Waals surface area contributed by atoms with E-state index in [-0.39, 0.29) is 17.6 Å². The van der Waals surface area contributed by atoms with Crippen LogP contribution < -0.4 is 5.69 Å². The first-order chi connectivity index (χ1) is 13.5. The molecule has 6 nitrogen and oxygen atoms in total. The van der Waals surface area contributed by atoms with Gasteiger partial charge in [-0.15, -0.1) is 0 Å². The maximum absolute atomic E-state index is 13.1. The molecule has 0 radical (unpaired) electrons. The Morgan fingerprint density at radius 1 is 1.21 bits per heavy atom. The molecule has 2 aromatic heterocycles. The summed E-state index contributed by atoms with van der Waals surface area (Å²) in [7, 11) is 0. The average molecular weight is 397 g/mol. The van der Waals surface area contributed by atoms with E-state index in [1.165, 1.54) is 0 Å². The van der Waals surface area contributed by atoms with Crippen LogP contribution in [0.1, 0.15) is 36.8 Å². The zero-order valence-electron chi connectivity index (χ0n) is 16.1. The fourth-order valence-corrected chi connectivity index (χ4v) is 4.38. The number of rotatable bonds is 5. The molecule has 1 aliphatic heterocycles. The van der Waals surface area contributed by atoms with Crippen LogP contribution in [-0.2, 0) is 24.3 Å². The summed E-state index contributed by atoms with van der Waals surface area (Å²) in [5.74, 6) is 1.03. The molecule has 0 saturated carbocycles. The number of thiophene rings is 1. The van der Waals surface area contributed by atoms with Crippen molar-refractivity contribution >= 4 is 17.2 Å². The smallest absolute Gasteiger partial charge is 0.326 e. The van der Waals surface area contributed by atoms with Gasteiger partial charge in [-0.25, -0.2) is 9.48 Å². The number of aromatic nitrogens is 3. The normalized spacial score (nSPS) is 16.4. The highest BCUT2D eigenvalue weighted by Crippen LogP contribution is 2.30. The molecule has 0 saturated heterocycles. The van der Waals surface area contributed by atoms with Crippen molar-refractivity contribution in [2.45, 2.75) is 39.4 Å². The van der Waals surface area contributed by atoms with Crippen LogP contribution in [0.3, 0.4) is 0 Å². The van der Waals surface area contributed by atoms with Crippen molar-refractivity contribution < 1.29 is 4.79 Å². The van der Waals surface area contributed by atoms with Crippen LogP contribution >= 0.6 is 11.3 Å². The summed E-state index contributed by atoms with van der Waals surface area (Å²) in [6, 6.07) is 11.5. The van der Waals surface area contributed by atoms with Gasteiger partial charge in [-0.2, -0.15) is 16.4 Å². The highest BCUT2D eigenvalue weighted by atomic mass is 32.1. The number of benzene rings is 1. The van der Waals surface area contributed by atoms with Crippen LogP contribution in [0, 0.1) is 5.92 Å². The lowest BCUT2D eigenvalue weighted by molar-refractivity contribution is -0.133. The molecule has 0 spiro atoms. The number of hydrogen-bond donors (Lipinski definition) is 0. The minimum atomic E-state index is -0.345. The molecule has 0 aliphatic carbocycles. The molecule has 1 aliphatic rings. The highest BCUT2D eigenvalue weighted by Gasteiger charge is 2.35. The Morgan fingerprint density at radius 2 is 2.00 bits per heavy atom. The van der Waals surface area contributed by atoms with Gasteiger partial charge in [0, 0.05) is 19.6 Å². The van der Waals surface area contributed by atoms with Gasteiger partial charge in [-0.3, -0.25) is 9.36 Å². The Morgan fingerprint density at radius 3 is 2.68 bits per heavy atom. The standard InChI is InChI=1S/C21H24N4O2S/c1-15(2)13-25-21(27)24-10-9-23(18(26)12-16-8-11-28-14-16)19(20(24)22-25)17-6-4-3-5-7-17/h3-8,11,14-15,19H,9-10,12-13H2,1-2H3. The second-order valence-electron chi connectivity index (χ2n) is 7.58. The second-order valence-corrected chi connectivity index (χ2v) is 8.36. The van der Waals surface area contributed by atoms with E-state index in [2.05, 4.69) is 18.9 Å². The molecule has 146 valence electrons. The van der Waals surface area contributed by atoms with Crippen molar-refractivity contribution in [3.8, 4) is 0 Å². The zero-order chi connectivity index (χ0) is 19.7. The molecule has 3 heterocycles. The van der Waals surface area contributed by atoms with E-state index in [0.717, 1.165) is 11.1 Å². The van der Waals surface area contributed by atoms with Crippen LogP contribution in [0.15, 0.2) is 52.0 Å². The first-order valence-electron chi connectivity index (χ1n) is 9.57. The zero-order valence-corrected chi connectivity index (χ0v) is 16.9. The number of fused-ring (bicyclic) bond motifs is 1. The molecule has 0 N–H and O–H groups in total. The highest BCUT2D eigenvalue weighted by molar-refractivity contribution is 7.08. The lowest BCUT2D eigenvalue weighted by atomic mass is 10.0. The van der Waals surface area contributed by atoms with Crippen LogP contribution in [0.5, 0.6) is 0 Å². The fourth-order valence-electron chi connectivity index (χ4n) is 3.71. The van der Waals surface area contributed by atoms with Crippen LogP contribution in [0.2, 0.25) is 0 Å². The SMILES string of the molecule is CC(C)Cn1nc2n(c1=O)CCN(C(=O)Cc1ccsc1)C2c1ccccc1. The number of carbonyl (C=O) groups excluding carboxylic acids is 1. The number of amides is 1. The third-order valence-corrected chi connectivity index (χ3v) is 5.71. The van der Waals surface area contributed by atoms with Gasteiger partial charge in [-0.1, -0.05) is 44.2 Å². The van der Waals surface area contributed by atoms with Crippen molar-refractivity contribution in [2.75, 3.05) is 6.54 Å². The van der Waals surface area contributed by atoms with Crippen molar-refractivity contribution in [1.82, 2.24) is 19.2 Å². The molecule has 1 unspecified atom stereocenters. The first kappa shape index (κ1) is 18.7. The van der Waals surface area contributed by atoms with Gasteiger partial charge in [0.05, 0.1) is 6.42 Å². The lowest BCUT2D eigenvalue weighted by Crippen LogP contribution is -2.45. The largest absolute Gasteiger partial charge is 0.346 e. The summed E-state index contributed by atoms with van der Waals surface area (Å²) in [5.41, 5.74) is 1.91. The molecule has 1 amide bonds. The molecule has 4 rings (SSSR count). The molecular formula is C21H24N4O2S. The Kier molecular flexibility index (Phi) is 5.17. The molecule has 1 atom stereocenters. The fraction of sp³-hybridized carbons (Fsp3) is 0.381. The van der Waals surface area contributed by atoms with Crippen molar-refractivity contribution in [3.05, 3.63) is 74.6 Å². The summed E-state index contributed by atoms with van der Waals surface area (Å²) in [5, 5.41) is 8.64. The third-order valence-electron chi connectivity index (χ3n) is 4.98. The summed E-state index contributed by atoms with van der Waals surface area (Å²) < 4.78 is 3.28. The van der Waals surface area contributed by atoms with E-state index in [1.54, 1.807) is 20.6 Å². The van der Waals surface area contributed by atoms with Crippen LogP contribution in [0.25, 0.3) is 0 Å². The predicted octanol–water partition coefficient (Wildman–Crippen LogP) is 2.94. The quantitative estimate of drug-likeness (QED) is 0.666. The number of carbonyl (C=O) groups is 1. The third kappa shape index (κ3) is 3.54. The minimum absolute atomic E-state index is 0.0596. The van der Waals surface area contributed by atoms with E-state index < -0.39 is 0 Å². The Balaban J connectivity index is 1.74. The van der Waals surface area contributed by atoms with E-state index in [9.17, 15) is 9.59 Å². The number of hydrogen-bond acceptors (Lipinski definition) is 4. The van der Waals surface area contributed by atoms with Crippen LogP contribution in [-0.4, -0.2) is 31.7 Å². The maximum Gasteiger partial charge on any atom is 0.346 e. The average Bonchev–Trinajstić information content (AvgIpc) is 3.30. The summed E-state index contributed by atoms with van der Waals surface area (Å²) in [6.07, 6.45) is 0.365. The predicted molar refractivity (Wildman–Crippen MR) is 109 cm³/mol. The van der Waals surface area contributed by atoms with Gasteiger partial charge in [0.2, 0.25) is 5.91 Å². The molecule has 7 heteroatoms. The van der Waals surface area contributed by atoms with Crippen molar-refractivity contribution in [3.63, 3.8) is 0 Å². The topological polar surface area (TPSA) is 60.1 Å². The molecule has 28 heavy (non-hydrogen) atoms. The van der Waals surface area contributed by atoms with Gasteiger partial charge in [0.1, 0.15) is 6.04 Å². The van der Waals surface area contributed by atoms with E-state index in [0.29, 0.717) is 37.8 Å². The molecule has 1 aromatic carbocycles. The monoisotopic (exact) mass is 396 g/mol. The number of nitrogens with zero attached hydrogens (tertiary/aromatic N) is 4. The maximum atomic E-state index is 13.1. The Labute approximate surface area is 168 Å². The lowest BCUT2D eigenvalue weighted by Gasteiger charge is -2.35. The van der Waals surface area contributed by atoms with Gasteiger partial charge >= 0.3 is 5.69 Å². The van der Waals surface area contributed by atoms with Gasteiger partial charge in [0.15, 0.2) is 5.82 Å². The molecule has 0 bridgehead atoms. The Hall–Kier alpha value is -2.67. The van der Waals surface area contributed by atoms with Gasteiger partial charge < -0.3 is 4.90 Å². The Bertz CT molecular complexity index is 1000. The first-order valence-corrected chi connectivity index (χ1v) is 10.5. The van der Waals surface area contributed by atoms with E-state index in [4.69, 9.17) is 0 Å². The summed E-state index contributed by atoms with van der Waals surface area (Å²) >= 11 is 1.59. The summed E-state index contributed by atoms with van der Waals surface area (Å²) in [6.45, 7) is 5.68. The van der Waals surface area contributed by atoms with Gasteiger partial charge in [-0.05, 0) is 33.9 Å². The van der Waals surface area contributed by atoms with Gasteiger partial charge in [0.25, 0.3) is 0 Å². The summed E-state index contributed by atoms with van der Waals surface area (Å²) in [4.78, 5) is 27.8. The van der Waals surface area contributed by atoms with Crippen molar-refractivity contribution in [2.24, 2.45) is 5.92 Å². The minimum Gasteiger partial charge on any atom is -0.326 e. The van der Waals surface area contributed by atoms with Crippen LogP contribution in [0.4, 0.5) is 0 Å². The molecule has 3 aromatic rings. The van der Waals surface area contributed by atoms with Crippen molar-refractivity contribution in [1.29, 1.82) is 0 Å². The molecule has 0 fully saturated rings. The molecular weight excluding hydrogens is 372 g/mol. The van der Waals surface area contributed by atoms with E-state index >= 15 is 0 Å².